The van der Waals surface area contributed by atoms with E-state index < -0.39 is 0 Å². The van der Waals surface area contributed by atoms with Crippen molar-refractivity contribution in [2.45, 2.75) is 37.8 Å². The second-order valence-corrected chi connectivity index (χ2v) is 5.19. The maximum absolute atomic E-state index is 10.6. The first-order valence-electron chi connectivity index (χ1n) is 6.59. The molecule has 0 spiro atoms. The monoisotopic (exact) mass is 264 g/mol. The normalized spacial score (nSPS) is 18.6. The average Bonchev–Trinajstić information content (AvgIpc) is 2.38. The van der Waals surface area contributed by atoms with Gasteiger partial charge in [-0.05, 0) is 31.7 Å². The quantitative estimate of drug-likeness (QED) is 0.634. The van der Waals surface area contributed by atoms with Gasteiger partial charge in [-0.1, -0.05) is 12.1 Å². The summed E-state index contributed by atoms with van der Waals surface area (Å²) in [7, 11) is 1.76. The van der Waals surface area contributed by atoms with Crippen LogP contribution in [0, 0.1) is 10.1 Å². The van der Waals surface area contributed by atoms with E-state index in [1.807, 2.05) is 0 Å². The van der Waals surface area contributed by atoms with E-state index >= 15 is 0 Å². The number of ether oxygens (including phenoxy) is 1. The Balaban J connectivity index is 1.92. The highest BCUT2D eigenvalue weighted by Gasteiger charge is 2.36. The molecule has 1 aliphatic rings. The predicted octanol–water partition coefficient (Wildman–Crippen LogP) is 2.81. The van der Waals surface area contributed by atoms with Gasteiger partial charge in [0.05, 0.1) is 10.5 Å². The molecule has 1 unspecified atom stereocenters. The van der Waals surface area contributed by atoms with Crippen molar-refractivity contribution in [3.63, 3.8) is 0 Å². The Morgan fingerprint density at radius 1 is 1.42 bits per heavy atom. The summed E-state index contributed by atoms with van der Waals surface area (Å²) in [5, 5.41) is 14.0. The lowest BCUT2D eigenvalue weighted by molar-refractivity contribution is -0.384. The van der Waals surface area contributed by atoms with E-state index in [4.69, 9.17) is 4.74 Å². The van der Waals surface area contributed by atoms with Crippen molar-refractivity contribution >= 4 is 5.69 Å². The van der Waals surface area contributed by atoms with Gasteiger partial charge in [0.1, 0.15) is 0 Å². The summed E-state index contributed by atoms with van der Waals surface area (Å²) in [4.78, 5) is 10.2. The lowest BCUT2D eigenvalue weighted by Crippen LogP contribution is -2.48. The van der Waals surface area contributed by atoms with Crippen LogP contribution in [-0.2, 0) is 4.74 Å². The minimum Gasteiger partial charge on any atom is -0.377 e. The van der Waals surface area contributed by atoms with Gasteiger partial charge in [0.15, 0.2) is 0 Å². The molecule has 0 heterocycles. The molecule has 19 heavy (non-hydrogen) atoms. The number of nitrogens with zero attached hydrogens (tertiary/aromatic N) is 1. The smallest absolute Gasteiger partial charge is 0.269 e. The Kier molecular flexibility index (Phi) is 4.17. The Bertz CT molecular complexity index is 435. The summed E-state index contributed by atoms with van der Waals surface area (Å²) in [5.41, 5.74) is 1.18. The third-order valence-electron chi connectivity index (χ3n) is 4.03. The molecule has 1 aromatic rings. The van der Waals surface area contributed by atoms with Gasteiger partial charge in [0, 0.05) is 31.8 Å². The van der Waals surface area contributed by atoms with E-state index in [0.717, 1.165) is 24.9 Å². The van der Waals surface area contributed by atoms with Gasteiger partial charge < -0.3 is 10.1 Å². The number of methoxy groups -OCH3 is 1. The molecular formula is C14H20N2O3. The van der Waals surface area contributed by atoms with E-state index in [1.165, 1.54) is 6.42 Å². The number of nitro benzene ring substituents is 1. The molecule has 0 bridgehead atoms. The molecule has 104 valence electrons. The lowest BCUT2D eigenvalue weighted by atomic mass is 9.80. The van der Waals surface area contributed by atoms with Crippen LogP contribution < -0.4 is 5.32 Å². The van der Waals surface area contributed by atoms with E-state index in [9.17, 15) is 10.1 Å². The molecule has 1 aliphatic carbocycles. The maximum atomic E-state index is 10.6. The molecule has 1 fully saturated rings. The lowest BCUT2D eigenvalue weighted by Gasteiger charge is -2.41. The van der Waals surface area contributed by atoms with Gasteiger partial charge in [-0.15, -0.1) is 0 Å². The summed E-state index contributed by atoms with van der Waals surface area (Å²) >= 11 is 0. The van der Waals surface area contributed by atoms with Crippen molar-refractivity contribution in [2.75, 3.05) is 13.7 Å². The van der Waals surface area contributed by atoms with Crippen molar-refractivity contribution in [3.05, 3.63) is 39.9 Å². The first kappa shape index (κ1) is 14.0. The van der Waals surface area contributed by atoms with Crippen LogP contribution >= 0.6 is 0 Å². The summed E-state index contributed by atoms with van der Waals surface area (Å²) in [6.45, 7) is 2.88. The number of nitrogens with one attached hydrogen (secondary N) is 1. The van der Waals surface area contributed by atoms with Gasteiger partial charge in [-0.25, -0.2) is 0 Å². The zero-order valence-electron chi connectivity index (χ0n) is 11.4. The van der Waals surface area contributed by atoms with Crippen LogP contribution in [0.4, 0.5) is 5.69 Å². The van der Waals surface area contributed by atoms with E-state index in [-0.39, 0.29) is 22.3 Å². The Morgan fingerprint density at radius 3 is 2.47 bits per heavy atom. The average molecular weight is 264 g/mol. The molecule has 0 saturated heterocycles. The third-order valence-corrected chi connectivity index (χ3v) is 4.03. The van der Waals surface area contributed by atoms with Crippen LogP contribution in [0.3, 0.4) is 0 Å². The highest BCUT2D eigenvalue weighted by atomic mass is 16.6. The van der Waals surface area contributed by atoms with Crippen molar-refractivity contribution in [3.8, 4) is 0 Å². The molecule has 1 N–H and O–H groups in total. The van der Waals surface area contributed by atoms with Crippen LogP contribution in [0.5, 0.6) is 0 Å². The molecule has 1 atom stereocenters. The Hall–Kier alpha value is -1.46. The molecule has 2 rings (SSSR count). The van der Waals surface area contributed by atoms with Crippen LogP contribution in [0.1, 0.15) is 37.8 Å². The molecule has 5 heteroatoms. The predicted molar refractivity (Wildman–Crippen MR) is 73.1 cm³/mol. The van der Waals surface area contributed by atoms with Crippen LogP contribution in [-0.4, -0.2) is 24.2 Å². The minimum absolute atomic E-state index is 0.00492. The fourth-order valence-electron chi connectivity index (χ4n) is 2.37. The molecule has 5 nitrogen and oxygen atoms in total. The maximum Gasteiger partial charge on any atom is 0.269 e. The Morgan fingerprint density at radius 2 is 2.05 bits per heavy atom. The number of hydrogen-bond donors (Lipinski definition) is 1. The number of benzene rings is 1. The van der Waals surface area contributed by atoms with Gasteiger partial charge >= 0.3 is 0 Å². The molecule has 0 aliphatic heterocycles. The highest BCUT2D eigenvalue weighted by molar-refractivity contribution is 5.34. The van der Waals surface area contributed by atoms with Gasteiger partial charge in [0.25, 0.3) is 5.69 Å². The van der Waals surface area contributed by atoms with E-state index in [1.54, 1.807) is 31.4 Å². The van der Waals surface area contributed by atoms with Crippen molar-refractivity contribution in [1.82, 2.24) is 5.32 Å². The van der Waals surface area contributed by atoms with Crippen LogP contribution in [0.2, 0.25) is 0 Å². The van der Waals surface area contributed by atoms with Gasteiger partial charge in [0.2, 0.25) is 0 Å². The molecule has 0 radical (unpaired) electrons. The zero-order valence-corrected chi connectivity index (χ0v) is 11.4. The summed E-state index contributed by atoms with van der Waals surface area (Å²) in [6.07, 6.45) is 3.42. The topological polar surface area (TPSA) is 64.4 Å². The summed E-state index contributed by atoms with van der Waals surface area (Å²) in [5.74, 6) is 0. The van der Waals surface area contributed by atoms with E-state index in [2.05, 4.69) is 12.2 Å². The fraction of sp³-hybridized carbons (Fsp3) is 0.571. The van der Waals surface area contributed by atoms with Crippen molar-refractivity contribution in [1.29, 1.82) is 0 Å². The summed E-state index contributed by atoms with van der Waals surface area (Å²) < 4.78 is 5.56. The SMILES string of the molecule is COC1(CNC(C)c2ccc([N+](=O)[O-])cc2)CCC1. The Labute approximate surface area is 113 Å². The molecule has 1 saturated carbocycles. The second-order valence-electron chi connectivity index (χ2n) is 5.19. The molecule has 0 aromatic heterocycles. The van der Waals surface area contributed by atoms with Gasteiger partial charge in [-0.3, -0.25) is 10.1 Å². The van der Waals surface area contributed by atoms with Crippen LogP contribution in [0.25, 0.3) is 0 Å². The first-order chi connectivity index (χ1) is 9.06. The molecule has 1 aromatic carbocycles. The van der Waals surface area contributed by atoms with Crippen LogP contribution in [0.15, 0.2) is 24.3 Å². The third kappa shape index (κ3) is 3.11. The minimum atomic E-state index is -0.379. The first-order valence-corrected chi connectivity index (χ1v) is 6.59. The highest BCUT2D eigenvalue weighted by Crippen LogP contribution is 2.34. The summed E-state index contributed by atoms with van der Waals surface area (Å²) in [6, 6.07) is 6.85. The molecular weight excluding hydrogens is 244 g/mol. The number of non-ortho nitro benzene ring substituents is 1. The zero-order chi connectivity index (χ0) is 13.9. The second kappa shape index (κ2) is 5.67. The van der Waals surface area contributed by atoms with Crippen molar-refractivity contribution in [2.24, 2.45) is 0 Å². The fourth-order valence-corrected chi connectivity index (χ4v) is 2.37. The van der Waals surface area contributed by atoms with Crippen molar-refractivity contribution < 1.29 is 9.66 Å². The number of rotatable bonds is 6. The largest absolute Gasteiger partial charge is 0.377 e. The van der Waals surface area contributed by atoms with E-state index in [0.29, 0.717) is 0 Å². The standard InChI is InChI=1S/C14H20N2O3/c1-11(15-10-14(19-2)8-3-9-14)12-4-6-13(7-5-12)16(17)18/h4-7,11,15H,3,8-10H2,1-2H3. The van der Waals surface area contributed by atoms with Gasteiger partial charge in [-0.2, -0.15) is 0 Å². The number of nitro groups is 1. The molecule has 0 amide bonds. The number of hydrogen-bond acceptors (Lipinski definition) is 4.